The topological polar surface area (TPSA) is 64.7 Å². The lowest BCUT2D eigenvalue weighted by Gasteiger charge is -2.07. The maximum Gasteiger partial charge on any atom is 0.241 e. The summed E-state index contributed by atoms with van der Waals surface area (Å²) in [5, 5.41) is 7.22. The Morgan fingerprint density at radius 3 is 2.85 bits per heavy atom. The first-order valence-electron chi connectivity index (χ1n) is 6.50. The Morgan fingerprint density at radius 2 is 2.25 bits per heavy atom. The van der Waals surface area contributed by atoms with E-state index in [-0.39, 0.29) is 12.5 Å². The average Bonchev–Trinajstić information content (AvgIpc) is 3.01. The monoisotopic (exact) mass is 339 g/mol. The molecule has 0 fully saturated rings. The van der Waals surface area contributed by atoms with E-state index in [1.54, 1.807) is 17.2 Å². The predicted octanol–water partition coefficient (Wildman–Crippen LogP) is 1.67. The van der Waals surface area contributed by atoms with Crippen molar-refractivity contribution in [2.75, 3.05) is 6.54 Å². The molecule has 0 spiro atoms. The van der Waals surface area contributed by atoms with Crippen LogP contribution in [0.3, 0.4) is 0 Å². The molecule has 108 valence electrons. The molecule has 0 aliphatic heterocycles. The first kappa shape index (κ1) is 14.8. The van der Waals surface area contributed by atoms with Crippen LogP contribution in [0.2, 0.25) is 0 Å². The number of amides is 1. The van der Waals surface area contributed by atoms with Gasteiger partial charge in [0.05, 0.1) is 22.2 Å². The van der Waals surface area contributed by atoms with E-state index in [0.29, 0.717) is 6.54 Å². The van der Waals surface area contributed by atoms with Crippen LogP contribution in [0.15, 0.2) is 23.2 Å². The lowest BCUT2D eigenvalue weighted by molar-refractivity contribution is -0.121. The Kier molecular flexibility index (Phi) is 4.94. The number of rotatable bonds is 6. The largest absolute Gasteiger partial charge is 0.354 e. The van der Waals surface area contributed by atoms with E-state index in [1.165, 1.54) is 0 Å². The van der Waals surface area contributed by atoms with Crippen LogP contribution in [-0.4, -0.2) is 31.8 Å². The number of carbonyl (C=O) groups excluding carboxylic acids is 1. The molecule has 0 saturated carbocycles. The van der Waals surface area contributed by atoms with Crippen molar-refractivity contribution in [2.45, 2.75) is 33.4 Å². The molecule has 2 aromatic heterocycles. The van der Waals surface area contributed by atoms with Gasteiger partial charge in [-0.1, -0.05) is 0 Å². The van der Waals surface area contributed by atoms with Crippen molar-refractivity contribution in [3.63, 3.8) is 0 Å². The Hall–Kier alpha value is -1.63. The zero-order valence-corrected chi connectivity index (χ0v) is 13.2. The summed E-state index contributed by atoms with van der Waals surface area (Å²) >= 11 is 3.45. The molecule has 0 aliphatic carbocycles. The van der Waals surface area contributed by atoms with Crippen LogP contribution in [-0.2, 0) is 17.9 Å². The molecule has 2 rings (SSSR count). The average molecular weight is 340 g/mol. The summed E-state index contributed by atoms with van der Waals surface area (Å²) < 4.78 is 4.67. The number of aromatic nitrogens is 4. The van der Waals surface area contributed by atoms with Crippen molar-refractivity contribution in [1.29, 1.82) is 0 Å². The van der Waals surface area contributed by atoms with Crippen molar-refractivity contribution < 1.29 is 4.79 Å². The van der Waals surface area contributed by atoms with Crippen LogP contribution in [0.4, 0.5) is 0 Å². The smallest absolute Gasteiger partial charge is 0.241 e. The molecular formula is C13H18BrN5O. The van der Waals surface area contributed by atoms with Crippen molar-refractivity contribution in [1.82, 2.24) is 24.6 Å². The highest BCUT2D eigenvalue weighted by molar-refractivity contribution is 9.10. The van der Waals surface area contributed by atoms with E-state index in [2.05, 4.69) is 31.3 Å². The van der Waals surface area contributed by atoms with Gasteiger partial charge in [-0.3, -0.25) is 9.48 Å². The molecule has 0 bridgehead atoms. The molecule has 6 nitrogen and oxygen atoms in total. The summed E-state index contributed by atoms with van der Waals surface area (Å²) in [6.45, 7) is 5.61. The fraction of sp³-hybridized carbons (Fsp3) is 0.462. The molecule has 7 heteroatoms. The normalized spacial score (nSPS) is 10.8. The molecule has 1 N–H and O–H groups in total. The van der Waals surface area contributed by atoms with Crippen LogP contribution in [0.1, 0.15) is 17.8 Å². The number of carbonyl (C=O) groups is 1. The molecule has 0 aromatic carbocycles. The molecule has 2 aromatic rings. The molecule has 0 unspecified atom stereocenters. The van der Waals surface area contributed by atoms with E-state index in [9.17, 15) is 4.79 Å². The predicted molar refractivity (Wildman–Crippen MR) is 79.3 cm³/mol. The van der Waals surface area contributed by atoms with Gasteiger partial charge in [-0.2, -0.15) is 5.10 Å². The summed E-state index contributed by atoms with van der Waals surface area (Å²) in [5.74, 6) is -0.0197. The summed E-state index contributed by atoms with van der Waals surface area (Å²) in [6.07, 6.45) is 6.31. The molecule has 0 saturated heterocycles. The maximum atomic E-state index is 11.8. The molecule has 0 radical (unpaired) electrons. The second-order valence-electron chi connectivity index (χ2n) is 4.65. The van der Waals surface area contributed by atoms with E-state index in [0.717, 1.165) is 28.8 Å². The van der Waals surface area contributed by atoms with Crippen molar-refractivity contribution >= 4 is 21.8 Å². The highest BCUT2D eigenvalue weighted by atomic mass is 79.9. The van der Waals surface area contributed by atoms with E-state index >= 15 is 0 Å². The van der Waals surface area contributed by atoms with Crippen LogP contribution in [0, 0.1) is 13.8 Å². The van der Waals surface area contributed by atoms with Crippen LogP contribution in [0.25, 0.3) is 0 Å². The van der Waals surface area contributed by atoms with Gasteiger partial charge >= 0.3 is 0 Å². The van der Waals surface area contributed by atoms with E-state index < -0.39 is 0 Å². The summed E-state index contributed by atoms with van der Waals surface area (Å²) in [4.78, 5) is 15.8. The number of nitrogens with one attached hydrogen (secondary N) is 1. The molecule has 20 heavy (non-hydrogen) atoms. The van der Waals surface area contributed by atoms with Crippen LogP contribution >= 0.6 is 15.9 Å². The van der Waals surface area contributed by atoms with Gasteiger partial charge in [-0.25, -0.2) is 4.98 Å². The van der Waals surface area contributed by atoms with Gasteiger partial charge in [0.25, 0.3) is 0 Å². The number of aryl methyl sites for hydroxylation is 2. The number of imidazole rings is 1. The fourth-order valence-electron chi connectivity index (χ4n) is 1.93. The SMILES string of the molecule is Cc1nn(CC(=O)NCCCn2ccnc2)c(C)c1Br. The molecule has 0 aliphatic rings. The Morgan fingerprint density at radius 1 is 1.45 bits per heavy atom. The van der Waals surface area contributed by atoms with E-state index in [1.807, 2.05) is 24.6 Å². The molecule has 1 amide bonds. The zero-order valence-electron chi connectivity index (χ0n) is 11.6. The summed E-state index contributed by atoms with van der Waals surface area (Å²) in [7, 11) is 0. The van der Waals surface area contributed by atoms with Gasteiger partial charge in [0.1, 0.15) is 6.54 Å². The van der Waals surface area contributed by atoms with Gasteiger partial charge in [-0.05, 0) is 36.2 Å². The molecule has 0 atom stereocenters. The van der Waals surface area contributed by atoms with Crippen molar-refractivity contribution in [3.8, 4) is 0 Å². The van der Waals surface area contributed by atoms with Crippen molar-refractivity contribution in [3.05, 3.63) is 34.6 Å². The maximum absolute atomic E-state index is 11.8. The second-order valence-corrected chi connectivity index (χ2v) is 5.44. The minimum atomic E-state index is -0.0197. The highest BCUT2D eigenvalue weighted by Crippen LogP contribution is 2.19. The minimum Gasteiger partial charge on any atom is -0.354 e. The number of nitrogens with zero attached hydrogens (tertiary/aromatic N) is 4. The first-order valence-corrected chi connectivity index (χ1v) is 7.29. The highest BCUT2D eigenvalue weighted by Gasteiger charge is 2.11. The van der Waals surface area contributed by atoms with Gasteiger partial charge in [-0.15, -0.1) is 0 Å². The quantitative estimate of drug-likeness (QED) is 0.814. The summed E-state index contributed by atoms with van der Waals surface area (Å²) in [6, 6.07) is 0. The Labute approximate surface area is 126 Å². The van der Waals surface area contributed by atoms with Crippen LogP contribution < -0.4 is 5.32 Å². The molecular weight excluding hydrogens is 322 g/mol. The third-order valence-corrected chi connectivity index (χ3v) is 4.21. The Bertz CT molecular complexity index is 576. The number of hydrogen-bond acceptors (Lipinski definition) is 3. The van der Waals surface area contributed by atoms with Crippen LogP contribution in [0.5, 0.6) is 0 Å². The Balaban J connectivity index is 1.74. The third-order valence-electron chi connectivity index (χ3n) is 3.06. The summed E-state index contributed by atoms with van der Waals surface area (Å²) in [5.41, 5.74) is 1.87. The number of hydrogen-bond donors (Lipinski definition) is 1. The van der Waals surface area contributed by atoms with Gasteiger partial charge in [0.2, 0.25) is 5.91 Å². The second kappa shape index (κ2) is 6.69. The lowest BCUT2D eigenvalue weighted by atomic mass is 10.4. The third kappa shape index (κ3) is 3.69. The van der Waals surface area contributed by atoms with Crippen molar-refractivity contribution in [2.24, 2.45) is 0 Å². The first-order chi connectivity index (χ1) is 9.58. The van der Waals surface area contributed by atoms with Gasteiger partial charge in [0, 0.05) is 25.5 Å². The fourth-order valence-corrected chi connectivity index (χ4v) is 2.21. The standard InChI is InChI=1S/C13H18BrN5O/c1-10-13(14)11(2)19(17-10)8-12(20)16-4-3-6-18-7-5-15-9-18/h5,7,9H,3-4,6,8H2,1-2H3,(H,16,20). The minimum absolute atomic E-state index is 0.0197. The zero-order chi connectivity index (χ0) is 14.5. The van der Waals surface area contributed by atoms with Gasteiger partial charge in [0.15, 0.2) is 0 Å². The molecule has 2 heterocycles. The van der Waals surface area contributed by atoms with E-state index in [4.69, 9.17) is 0 Å². The number of halogens is 1. The van der Waals surface area contributed by atoms with Gasteiger partial charge < -0.3 is 9.88 Å². The lowest BCUT2D eigenvalue weighted by Crippen LogP contribution is -2.29.